The molecule has 0 spiro atoms. The summed E-state index contributed by atoms with van der Waals surface area (Å²) in [5.74, 6) is 2.01. The number of piperidine rings is 1. The quantitative estimate of drug-likeness (QED) is 0.315. The van der Waals surface area contributed by atoms with Crippen molar-refractivity contribution >= 4 is 59.0 Å². The molecule has 1 aliphatic rings. The SMILES string of the molecule is CN=C(NCC(C)(C)C(=O)NC)N1CCC(COc2cc(Cl)cc(Cl)c2)CC1.I. The standard InChI is InChI=1S/C20H30Cl2N4O2.HI/c1-20(2,18(27)23-3)13-25-19(24-4)26-7-5-14(6-8-26)12-28-17-10-15(21)9-16(22)11-17;/h9-11,14H,5-8,12-13H2,1-4H3,(H,23,27)(H,24,25);1H. The summed E-state index contributed by atoms with van der Waals surface area (Å²) >= 11 is 12.0. The maximum Gasteiger partial charge on any atom is 0.227 e. The molecule has 1 heterocycles. The lowest BCUT2D eigenvalue weighted by Crippen LogP contribution is -2.50. The van der Waals surface area contributed by atoms with Crippen LogP contribution >= 0.6 is 47.2 Å². The van der Waals surface area contributed by atoms with Gasteiger partial charge in [-0.05, 0) is 50.8 Å². The minimum Gasteiger partial charge on any atom is -0.493 e. The van der Waals surface area contributed by atoms with Gasteiger partial charge in [0.25, 0.3) is 0 Å². The largest absolute Gasteiger partial charge is 0.493 e. The molecule has 0 radical (unpaired) electrons. The second kappa shape index (κ2) is 12.1. The number of halogens is 3. The number of ether oxygens (including phenoxy) is 1. The number of carbonyl (C=O) groups excluding carboxylic acids is 1. The minimum absolute atomic E-state index is 0. The first kappa shape index (κ1) is 26.1. The molecule has 1 fully saturated rings. The lowest BCUT2D eigenvalue weighted by molar-refractivity contribution is -0.128. The van der Waals surface area contributed by atoms with Gasteiger partial charge < -0.3 is 20.3 Å². The number of likely N-dealkylation sites (tertiary alicyclic amines) is 1. The van der Waals surface area contributed by atoms with Crippen LogP contribution in [-0.4, -0.2) is 57.1 Å². The summed E-state index contributed by atoms with van der Waals surface area (Å²) in [5, 5.41) is 7.19. The van der Waals surface area contributed by atoms with Gasteiger partial charge in [0.1, 0.15) is 5.75 Å². The first-order valence-electron chi connectivity index (χ1n) is 9.52. The Labute approximate surface area is 200 Å². The van der Waals surface area contributed by atoms with Gasteiger partial charge in [0.2, 0.25) is 5.91 Å². The van der Waals surface area contributed by atoms with Crippen molar-refractivity contribution in [2.24, 2.45) is 16.3 Å². The van der Waals surface area contributed by atoms with E-state index < -0.39 is 5.41 Å². The number of nitrogens with zero attached hydrogens (tertiary/aromatic N) is 2. The van der Waals surface area contributed by atoms with Crippen molar-refractivity contribution in [1.29, 1.82) is 0 Å². The Morgan fingerprint density at radius 1 is 1.24 bits per heavy atom. The van der Waals surface area contributed by atoms with Gasteiger partial charge in [-0.15, -0.1) is 24.0 Å². The van der Waals surface area contributed by atoms with Crippen molar-refractivity contribution in [3.05, 3.63) is 28.2 Å². The Morgan fingerprint density at radius 3 is 2.34 bits per heavy atom. The van der Waals surface area contributed by atoms with Crippen molar-refractivity contribution < 1.29 is 9.53 Å². The molecule has 1 aromatic rings. The Kier molecular flexibility index (Phi) is 10.8. The zero-order valence-electron chi connectivity index (χ0n) is 17.4. The molecule has 1 saturated heterocycles. The highest BCUT2D eigenvalue weighted by Crippen LogP contribution is 2.26. The summed E-state index contributed by atoms with van der Waals surface area (Å²) in [6, 6.07) is 5.25. The molecule has 1 amide bonds. The topological polar surface area (TPSA) is 66.0 Å². The number of carbonyl (C=O) groups is 1. The summed E-state index contributed by atoms with van der Waals surface area (Å²) in [6.45, 7) is 6.78. The van der Waals surface area contributed by atoms with Crippen LogP contribution in [-0.2, 0) is 4.79 Å². The molecule has 0 unspecified atom stereocenters. The molecule has 0 saturated carbocycles. The predicted octanol–water partition coefficient (Wildman–Crippen LogP) is 4.05. The molecule has 29 heavy (non-hydrogen) atoms. The number of hydrogen-bond acceptors (Lipinski definition) is 3. The van der Waals surface area contributed by atoms with E-state index in [1.807, 2.05) is 13.8 Å². The monoisotopic (exact) mass is 556 g/mol. The van der Waals surface area contributed by atoms with E-state index in [1.165, 1.54) is 0 Å². The molecule has 0 atom stereocenters. The highest BCUT2D eigenvalue weighted by molar-refractivity contribution is 14.0. The van der Waals surface area contributed by atoms with Gasteiger partial charge in [-0.2, -0.15) is 0 Å². The zero-order valence-corrected chi connectivity index (χ0v) is 21.3. The molecule has 1 aliphatic heterocycles. The summed E-state index contributed by atoms with van der Waals surface area (Å²) in [7, 11) is 3.43. The van der Waals surface area contributed by atoms with Crippen LogP contribution in [0.2, 0.25) is 10.0 Å². The van der Waals surface area contributed by atoms with Gasteiger partial charge in [0.15, 0.2) is 5.96 Å². The third-order valence-corrected chi connectivity index (χ3v) is 5.41. The molecule has 164 valence electrons. The molecule has 1 aromatic carbocycles. The van der Waals surface area contributed by atoms with Crippen LogP contribution in [0.25, 0.3) is 0 Å². The van der Waals surface area contributed by atoms with Crippen molar-refractivity contribution in [3.63, 3.8) is 0 Å². The fraction of sp³-hybridized carbons (Fsp3) is 0.600. The second-order valence-corrected chi connectivity index (χ2v) is 8.58. The molecule has 0 bridgehead atoms. The zero-order chi connectivity index (χ0) is 20.7. The van der Waals surface area contributed by atoms with Gasteiger partial charge >= 0.3 is 0 Å². The Balaban J connectivity index is 0.00000420. The van der Waals surface area contributed by atoms with E-state index in [1.54, 1.807) is 32.3 Å². The number of benzene rings is 1. The van der Waals surface area contributed by atoms with Crippen LogP contribution in [0.4, 0.5) is 0 Å². The van der Waals surface area contributed by atoms with E-state index in [0.717, 1.165) is 31.9 Å². The molecule has 0 aliphatic carbocycles. The van der Waals surface area contributed by atoms with E-state index in [9.17, 15) is 4.79 Å². The van der Waals surface area contributed by atoms with E-state index in [2.05, 4.69) is 20.5 Å². The van der Waals surface area contributed by atoms with E-state index in [0.29, 0.717) is 34.9 Å². The number of rotatable bonds is 6. The highest BCUT2D eigenvalue weighted by atomic mass is 127. The molecular weight excluding hydrogens is 526 g/mol. The van der Waals surface area contributed by atoms with Crippen molar-refractivity contribution in [1.82, 2.24) is 15.5 Å². The molecule has 0 aromatic heterocycles. The van der Waals surface area contributed by atoms with Crippen LogP contribution in [0.1, 0.15) is 26.7 Å². The van der Waals surface area contributed by atoms with Crippen LogP contribution in [0.3, 0.4) is 0 Å². The van der Waals surface area contributed by atoms with E-state index in [-0.39, 0.29) is 29.9 Å². The molecule has 2 rings (SSSR count). The van der Waals surface area contributed by atoms with Crippen LogP contribution in [0.5, 0.6) is 5.75 Å². The summed E-state index contributed by atoms with van der Waals surface area (Å²) < 4.78 is 5.88. The minimum atomic E-state index is -0.505. The lowest BCUT2D eigenvalue weighted by atomic mass is 9.92. The highest BCUT2D eigenvalue weighted by Gasteiger charge is 2.28. The molecule has 9 heteroatoms. The van der Waals surface area contributed by atoms with E-state index in [4.69, 9.17) is 27.9 Å². The fourth-order valence-corrected chi connectivity index (χ4v) is 3.69. The summed E-state index contributed by atoms with van der Waals surface area (Å²) in [6.07, 6.45) is 2.02. The number of amides is 1. The van der Waals surface area contributed by atoms with Crippen LogP contribution in [0.15, 0.2) is 23.2 Å². The summed E-state index contributed by atoms with van der Waals surface area (Å²) in [4.78, 5) is 18.6. The van der Waals surface area contributed by atoms with Gasteiger partial charge in [-0.3, -0.25) is 9.79 Å². The third-order valence-electron chi connectivity index (χ3n) is 4.98. The number of hydrogen-bond donors (Lipinski definition) is 2. The van der Waals surface area contributed by atoms with E-state index >= 15 is 0 Å². The van der Waals surface area contributed by atoms with Crippen LogP contribution < -0.4 is 15.4 Å². The van der Waals surface area contributed by atoms with Gasteiger partial charge in [-0.25, -0.2) is 0 Å². The van der Waals surface area contributed by atoms with Gasteiger partial charge in [0, 0.05) is 43.8 Å². The first-order valence-corrected chi connectivity index (χ1v) is 10.3. The van der Waals surface area contributed by atoms with Crippen LogP contribution in [0, 0.1) is 11.3 Å². The molecular formula is C20H31Cl2IN4O2. The summed E-state index contributed by atoms with van der Waals surface area (Å²) in [5.41, 5.74) is -0.505. The Hall–Kier alpha value is -0.930. The maximum atomic E-state index is 11.9. The van der Waals surface area contributed by atoms with Crippen molar-refractivity contribution in [2.45, 2.75) is 26.7 Å². The van der Waals surface area contributed by atoms with Gasteiger partial charge in [0.05, 0.1) is 12.0 Å². The number of aliphatic imine (C=N–C) groups is 1. The smallest absolute Gasteiger partial charge is 0.227 e. The van der Waals surface area contributed by atoms with Crippen molar-refractivity contribution in [3.8, 4) is 5.75 Å². The fourth-order valence-electron chi connectivity index (χ4n) is 3.19. The van der Waals surface area contributed by atoms with Gasteiger partial charge in [-0.1, -0.05) is 23.2 Å². The first-order chi connectivity index (χ1) is 13.2. The predicted molar refractivity (Wildman–Crippen MR) is 131 cm³/mol. The number of nitrogens with one attached hydrogen (secondary N) is 2. The lowest BCUT2D eigenvalue weighted by Gasteiger charge is -2.35. The average Bonchev–Trinajstić information content (AvgIpc) is 2.66. The number of guanidine groups is 1. The average molecular weight is 557 g/mol. The molecule has 2 N–H and O–H groups in total. The second-order valence-electron chi connectivity index (χ2n) is 7.71. The normalized spacial score (nSPS) is 15.5. The Morgan fingerprint density at radius 2 is 1.83 bits per heavy atom. The Bertz CT molecular complexity index is 687. The third kappa shape index (κ3) is 8.02. The molecule has 6 nitrogen and oxygen atoms in total. The maximum absolute atomic E-state index is 11.9. The van der Waals surface area contributed by atoms with Crippen molar-refractivity contribution in [2.75, 3.05) is 40.3 Å².